The van der Waals surface area contributed by atoms with Crippen molar-refractivity contribution in [1.29, 1.82) is 0 Å². The molecule has 2 aromatic rings. The van der Waals surface area contributed by atoms with Crippen molar-refractivity contribution in [1.82, 2.24) is 15.1 Å². The maximum absolute atomic E-state index is 12.9. The van der Waals surface area contributed by atoms with E-state index < -0.39 is 0 Å². The summed E-state index contributed by atoms with van der Waals surface area (Å²) >= 11 is 0. The number of piperazine rings is 1. The fourth-order valence-corrected chi connectivity index (χ4v) is 4.17. The minimum absolute atomic E-state index is 0. The highest BCUT2D eigenvalue weighted by atomic mass is 35.5. The van der Waals surface area contributed by atoms with E-state index in [1.807, 2.05) is 35.2 Å². The quantitative estimate of drug-likeness (QED) is 0.813. The van der Waals surface area contributed by atoms with Gasteiger partial charge in [0.1, 0.15) is 0 Å². The molecule has 6 nitrogen and oxygen atoms in total. The van der Waals surface area contributed by atoms with Crippen LogP contribution >= 0.6 is 12.4 Å². The second kappa shape index (κ2) is 10.1. The van der Waals surface area contributed by atoms with Gasteiger partial charge in [-0.1, -0.05) is 18.2 Å². The lowest BCUT2D eigenvalue weighted by atomic mass is 10.1. The van der Waals surface area contributed by atoms with E-state index in [9.17, 15) is 9.59 Å². The number of nitrogens with zero attached hydrogens (tertiary/aromatic N) is 3. The Balaban J connectivity index is 0.00000256. The maximum Gasteiger partial charge on any atom is 0.258 e. The lowest BCUT2D eigenvalue weighted by Crippen LogP contribution is -2.49. The molecule has 7 heteroatoms. The van der Waals surface area contributed by atoms with Gasteiger partial charge in [0.25, 0.3) is 11.8 Å². The number of amides is 2. The Hall–Kier alpha value is -2.41. The Kier molecular flexibility index (Phi) is 7.48. The second-order valence-corrected chi connectivity index (χ2v) is 7.76. The summed E-state index contributed by atoms with van der Waals surface area (Å²) in [6.07, 6.45) is 1.03. The Morgan fingerprint density at radius 3 is 2.23 bits per heavy atom. The summed E-state index contributed by atoms with van der Waals surface area (Å²) in [6, 6.07) is 17.0. The minimum Gasteiger partial charge on any atom is -0.337 e. The van der Waals surface area contributed by atoms with Crippen LogP contribution in [-0.2, 0) is 0 Å². The molecule has 2 aliphatic heterocycles. The molecule has 1 atom stereocenters. The maximum atomic E-state index is 12.9. The first-order valence-corrected chi connectivity index (χ1v) is 10.3. The number of rotatable bonds is 4. The number of halogens is 1. The molecule has 2 aliphatic rings. The van der Waals surface area contributed by atoms with Crippen LogP contribution in [0.1, 0.15) is 27.1 Å². The van der Waals surface area contributed by atoms with Gasteiger partial charge in [-0.2, -0.15) is 0 Å². The zero-order chi connectivity index (χ0) is 20.2. The van der Waals surface area contributed by atoms with Crippen LogP contribution in [0, 0.1) is 0 Å². The van der Waals surface area contributed by atoms with Gasteiger partial charge < -0.3 is 15.1 Å². The van der Waals surface area contributed by atoms with Gasteiger partial charge in [0.15, 0.2) is 0 Å². The van der Waals surface area contributed by atoms with Crippen LogP contribution in [0.4, 0.5) is 5.69 Å². The largest absolute Gasteiger partial charge is 0.337 e. The summed E-state index contributed by atoms with van der Waals surface area (Å²) in [6.45, 7) is 5.74. The number of hydrogen-bond acceptors (Lipinski definition) is 4. The van der Waals surface area contributed by atoms with Crippen molar-refractivity contribution < 1.29 is 9.59 Å². The van der Waals surface area contributed by atoms with E-state index >= 15 is 0 Å². The van der Waals surface area contributed by atoms with E-state index in [-0.39, 0.29) is 24.2 Å². The number of anilines is 1. The monoisotopic (exact) mass is 428 g/mol. The van der Waals surface area contributed by atoms with Crippen LogP contribution in [0.2, 0.25) is 0 Å². The Morgan fingerprint density at radius 2 is 1.57 bits per heavy atom. The van der Waals surface area contributed by atoms with E-state index in [1.54, 1.807) is 36.2 Å². The van der Waals surface area contributed by atoms with Crippen molar-refractivity contribution in [3.8, 4) is 0 Å². The summed E-state index contributed by atoms with van der Waals surface area (Å²) in [7, 11) is 1.76. The summed E-state index contributed by atoms with van der Waals surface area (Å²) in [5.74, 6) is -0.0341. The zero-order valence-electron chi connectivity index (χ0n) is 17.3. The molecule has 0 bridgehead atoms. The molecule has 2 heterocycles. The molecular weight excluding hydrogens is 400 g/mol. The van der Waals surface area contributed by atoms with E-state index in [0.29, 0.717) is 17.2 Å². The zero-order valence-corrected chi connectivity index (χ0v) is 18.1. The van der Waals surface area contributed by atoms with Crippen LogP contribution in [0.5, 0.6) is 0 Å². The highest BCUT2D eigenvalue weighted by Crippen LogP contribution is 2.20. The molecule has 2 amide bonds. The van der Waals surface area contributed by atoms with E-state index in [1.165, 1.54) is 0 Å². The molecule has 2 saturated heterocycles. The molecule has 0 saturated carbocycles. The highest BCUT2D eigenvalue weighted by Gasteiger charge is 2.31. The summed E-state index contributed by atoms with van der Waals surface area (Å²) in [4.78, 5) is 31.7. The molecule has 0 aromatic heterocycles. The standard InChI is InChI=1S/C23H28N4O2.ClH/c1-25(20-5-3-2-4-6-20)22(28)18-7-9-19(10-8-18)23(29)27-14-11-21(17-27)26-15-12-24-13-16-26;/h2-10,21,24H,11-17H2,1H3;1H. The molecule has 0 aliphatic carbocycles. The molecule has 1 unspecified atom stereocenters. The number of carbonyl (C=O) groups is 2. The first kappa shape index (κ1) is 22.3. The van der Waals surface area contributed by atoms with Crippen molar-refractivity contribution >= 4 is 29.9 Å². The number of hydrogen-bond donors (Lipinski definition) is 1. The highest BCUT2D eigenvalue weighted by molar-refractivity contribution is 6.06. The molecule has 0 spiro atoms. The van der Waals surface area contributed by atoms with Crippen molar-refractivity contribution in [2.75, 3.05) is 51.2 Å². The summed E-state index contributed by atoms with van der Waals surface area (Å²) in [5.41, 5.74) is 2.06. The molecule has 1 N–H and O–H groups in total. The molecular formula is C23H29ClN4O2. The van der Waals surface area contributed by atoms with Gasteiger partial charge in [-0.25, -0.2) is 0 Å². The fourth-order valence-electron chi connectivity index (χ4n) is 4.17. The average Bonchev–Trinajstić information content (AvgIpc) is 3.29. The van der Waals surface area contributed by atoms with Crippen LogP contribution in [0.25, 0.3) is 0 Å². The first-order valence-electron chi connectivity index (χ1n) is 10.3. The van der Waals surface area contributed by atoms with Crippen LogP contribution in [0.15, 0.2) is 54.6 Å². The molecule has 160 valence electrons. The fraction of sp³-hybridized carbons (Fsp3) is 0.391. The summed E-state index contributed by atoms with van der Waals surface area (Å²) in [5, 5.41) is 3.38. The molecule has 30 heavy (non-hydrogen) atoms. The van der Waals surface area contributed by atoms with Crippen LogP contribution in [-0.4, -0.2) is 74.0 Å². The third-order valence-electron chi connectivity index (χ3n) is 5.95. The van der Waals surface area contributed by atoms with Crippen LogP contribution < -0.4 is 10.2 Å². The van der Waals surface area contributed by atoms with Gasteiger partial charge in [-0.15, -0.1) is 12.4 Å². The van der Waals surface area contributed by atoms with Crippen molar-refractivity contribution in [3.05, 3.63) is 65.7 Å². The average molecular weight is 429 g/mol. The lowest BCUT2D eigenvalue weighted by molar-refractivity contribution is 0.0773. The number of carbonyl (C=O) groups excluding carboxylic acids is 2. The van der Waals surface area contributed by atoms with E-state index in [0.717, 1.165) is 51.4 Å². The third kappa shape index (κ3) is 4.83. The second-order valence-electron chi connectivity index (χ2n) is 7.76. The van der Waals surface area contributed by atoms with Crippen molar-refractivity contribution in [3.63, 3.8) is 0 Å². The van der Waals surface area contributed by atoms with Gasteiger partial charge in [-0.3, -0.25) is 14.5 Å². The first-order chi connectivity index (χ1) is 14.1. The summed E-state index contributed by atoms with van der Waals surface area (Å²) < 4.78 is 0. The van der Waals surface area contributed by atoms with Gasteiger partial charge in [0.05, 0.1) is 0 Å². The smallest absolute Gasteiger partial charge is 0.258 e. The predicted molar refractivity (Wildman–Crippen MR) is 122 cm³/mol. The Bertz CT molecular complexity index is 853. The topological polar surface area (TPSA) is 55.9 Å². The molecule has 2 fully saturated rings. The normalized spacial score (nSPS) is 19.2. The Labute approximate surface area is 184 Å². The SMILES string of the molecule is CN(C(=O)c1ccc(C(=O)N2CCC(N3CCNCC3)C2)cc1)c1ccccc1.Cl. The van der Waals surface area contributed by atoms with Gasteiger partial charge in [-0.05, 0) is 42.8 Å². The predicted octanol–water partition coefficient (Wildman–Crippen LogP) is 2.50. The van der Waals surface area contributed by atoms with Gasteiger partial charge in [0.2, 0.25) is 0 Å². The third-order valence-corrected chi connectivity index (χ3v) is 5.95. The number of likely N-dealkylation sites (tertiary alicyclic amines) is 1. The van der Waals surface area contributed by atoms with Gasteiger partial charge in [0, 0.05) is 69.2 Å². The lowest BCUT2D eigenvalue weighted by Gasteiger charge is -2.32. The van der Waals surface area contributed by atoms with E-state index in [4.69, 9.17) is 0 Å². The van der Waals surface area contributed by atoms with Gasteiger partial charge >= 0.3 is 0 Å². The van der Waals surface area contributed by atoms with Crippen molar-refractivity contribution in [2.45, 2.75) is 12.5 Å². The number of para-hydroxylation sites is 1. The van der Waals surface area contributed by atoms with E-state index in [2.05, 4.69) is 10.2 Å². The van der Waals surface area contributed by atoms with Crippen molar-refractivity contribution in [2.24, 2.45) is 0 Å². The number of nitrogens with one attached hydrogen (secondary N) is 1. The molecule has 2 aromatic carbocycles. The Morgan fingerprint density at radius 1 is 0.933 bits per heavy atom. The van der Waals surface area contributed by atoms with Crippen LogP contribution in [0.3, 0.4) is 0 Å². The number of benzene rings is 2. The molecule has 0 radical (unpaired) electrons. The molecule has 4 rings (SSSR count). The minimum atomic E-state index is -0.0878.